The number of rotatable bonds is 0. The topological polar surface area (TPSA) is 21.3 Å². The van der Waals surface area contributed by atoms with Gasteiger partial charge in [-0.15, -0.1) is 0 Å². The van der Waals surface area contributed by atoms with Crippen molar-refractivity contribution < 1.29 is 4.74 Å². The zero-order chi connectivity index (χ0) is 6.86. The fraction of sp³-hybridized carbons (Fsp3) is 1.00. The lowest BCUT2D eigenvalue weighted by Crippen LogP contribution is -2.35. The first-order chi connectivity index (χ1) is 4.91. The first kappa shape index (κ1) is 6.62. The van der Waals surface area contributed by atoms with E-state index in [1.54, 1.807) is 0 Å². The SMILES string of the molecule is C1CCC2(CC1)CNCO2. The monoisotopic (exact) mass is 141 g/mol. The molecule has 0 bridgehead atoms. The lowest BCUT2D eigenvalue weighted by molar-refractivity contribution is -0.0172. The second-order valence-corrected chi connectivity index (χ2v) is 3.46. The molecule has 0 amide bonds. The average molecular weight is 141 g/mol. The Kier molecular flexibility index (Phi) is 1.66. The Hall–Kier alpha value is -0.0800. The van der Waals surface area contributed by atoms with Gasteiger partial charge in [-0.25, -0.2) is 0 Å². The van der Waals surface area contributed by atoms with Crippen LogP contribution in [0.25, 0.3) is 0 Å². The Morgan fingerprint density at radius 2 is 1.90 bits per heavy atom. The van der Waals surface area contributed by atoms with Gasteiger partial charge in [0, 0.05) is 6.54 Å². The Labute approximate surface area is 61.9 Å². The molecule has 2 aliphatic rings. The van der Waals surface area contributed by atoms with Crippen molar-refractivity contribution in [3.8, 4) is 0 Å². The molecule has 0 unspecified atom stereocenters. The summed E-state index contributed by atoms with van der Waals surface area (Å²) in [5.41, 5.74) is 0.262. The third-order valence-electron chi connectivity index (χ3n) is 2.69. The molecule has 1 aliphatic heterocycles. The summed E-state index contributed by atoms with van der Waals surface area (Å²) in [6, 6.07) is 0. The molecule has 2 rings (SSSR count). The van der Waals surface area contributed by atoms with E-state index in [1.165, 1.54) is 32.1 Å². The Morgan fingerprint density at radius 1 is 1.10 bits per heavy atom. The molecule has 0 aromatic heterocycles. The summed E-state index contributed by atoms with van der Waals surface area (Å²) in [5.74, 6) is 0. The van der Waals surface area contributed by atoms with Crippen LogP contribution in [0.4, 0.5) is 0 Å². The first-order valence-corrected chi connectivity index (χ1v) is 4.26. The molecule has 2 nitrogen and oxygen atoms in total. The highest BCUT2D eigenvalue weighted by molar-refractivity contribution is 4.89. The smallest absolute Gasteiger partial charge is 0.0974 e. The van der Waals surface area contributed by atoms with Crippen LogP contribution in [0, 0.1) is 0 Å². The fourth-order valence-corrected chi connectivity index (χ4v) is 2.05. The highest BCUT2D eigenvalue weighted by Crippen LogP contribution is 2.32. The molecule has 1 heterocycles. The zero-order valence-electron chi connectivity index (χ0n) is 6.36. The van der Waals surface area contributed by atoms with Gasteiger partial charge in [-0.3, -0.25) is 5.32 Å². The molecule has 1 aliphatic carbocycles. The van der Waals surface area contributed by atoms with Gasteiger partial charge in [0.25, 0.3) is 0 Å². The standard InChI is InChI=1S/C8H15NO/c1-2-4-8(5-3-1)6-9-7-10-8/h9H,1-7H2. The molecule has 0 radical (unpaired) electrons. The van der Waals surface area contributed by atoms with Crippen molar-refractivity contribution in [3.63, 3.8) is 0 Å². The van der Waals surface area contributed by atoms with Crippen LogP contribution in [0.15, 0.2) is 0 Å². The van der Waals surface area contributed by atoms with Gasteiger partial charge in [-0.1, -0.05) is 19.3 Å². The summed E-state index contributed by atoms with van der Waals surface area (Å²) >= 11 is 0. The van der Waals surface area contributed by atoms with Crippen LogP contribution in [0.1, 0.15) is 32.1 Å². The molecule has 0 aromatic carbocycles. The molecular formula is C8H15NO. The van der Waals surface area contributed by atoms with Crippen molar-refractivity contribution in [3.05, 3.63) is 0 Å². The van der Waals surface area contributed by atoms with Crippen LogP contribution < -0.4 is 5.32 Å². The highest BCUT2D eigenvalue weighted by Gasteiger charge is 2.35. The normalized spacial score (nSPS) is 31.2. The van der Waals surface area contributed by atoms with Crippen LogP contribution in [0.2, 0.25) is 0 Å². The van der Waals surface area contributed by atoms with Gasteiger partial charge < -0.3 is 4.74 Å². The second kappa shape index (κ2) is 2.51. The second-order valence-electron chi connectivity index (χ2n) is 3.46. The quantitative estimate of drug-likeness (QED) is 0.548. The Morgan fingerprint density at radius 3 is 2.50 bits per heavy atom. The van der Waals surface area contributed by atoms with Crippen molar-refractivity contribution in [1.29, 1.82) is 0 Å². The molecular weight excluding hydrogens is 126 g/mol. The summed E-state index contributed by atoms with van der Waals surface area (Å²) in [7, 11) is 0. The van der Waals surface area contributed by atoms with E-state index in [4.69, 9.17) is 4.74 Å². The molecule has 1 saturated carbocycles. The maximum atomic E-state index is 5.67. The summed E-state index contributed by atoms with van der Waals surface area (Å²) < 4.78 is 5.67. The van der Waals surface area contributed by atoms with Crippen molar-refractivity contribution in [2.24, 2.45) is 0 Å². The van der Waals surface area contributed by atoms with Crippen LogP contribution in [0.5, 0.6) is 0 Å². The van der Waals surface area contributed by atoms with Crippen LogP contribution >= 0.6 is 0 Å². The summed E-state index contributed by atoms with van der Waals surface area (Å²) in [5, 5.41) is 3.26. The minimum absolute atomic E-state index is 0.262. The number of ether oxygens (including phenoxy) is 1. The highest BCUT2D eigenvalue weighted by atomic mass is 16.5. The zero-order valence-corrected chi connectivity index (χ0v) is 6.36. The van der Waals surface area contributed by atoms with Crippen molar-refractivity contribution in [1.82, 2.24) is 5.32 Å². The van der Waals surface area contributed by atoms with Gasteiger partial charge in [0.15, 0.2) is 0 Å². The maximum Gasteiger partial charge on any atom is 0.0974 e. The van der Waals surface area contributed by atoms with Crippen LogP contribution in [-0.4, -0.2) is 18.9 Å². The number of hydrogen-bond acceptors (Lipinski definition) is 2. The Balaban J connectivity index is 1.98. The molecule has 2 fully saturated rings. The minimum atomic E-state index is 0.262. The Bertz CT molecular complexity index is 110. The van der Waals surface area contributed by atoms with Crippen molar-refractivity contribution in [2.45, 2.75) is 37.7 Å². The average Bonchev–Trinajstić information content (AvgIpc) is 2.39. The predicted molar refractivity (Wildman–Crippen MR) is 39.8 cm³/mol. The van der Waals surface area contributed by atoms with Crippen LogP contribution in [-0.2, 0) is 4.74 Å². The molecule has 10 heavy (non-hydrogen) atoms. The molecule has 1 N–H and O–H groups in total. The van der Waals surface area contributed by atoms with E-state index < -0.39 is 0 Å². The fourth-order valence-electron chi connectivity index (χ4n) is 2.05. The van der Waals surface area contributed by atoms with E-state index in [2.05, 4.69) is 5.32 Å². The molecule has 2 heteroatoms. The molecule has 0 aromatic rings. The van der Waals surface area contributed by atoms with Gasteiger partial charge in [0.2, 0.25) is 0 Å². The van der Waals surface area contributed by atoms with Gasteiger partial charge in [-0.05, 0) is 12.8 Å². The van der Waals surface area contributed by atoms with E-state index in [-0.39, 0.29) is 5.60 Å². The first-order valence-electron chi connectivity index (χ1n) is 4.26. The van der Waals surface area contributed by atoms with Crippen molar-refractivity contribution in [2.75, 3.05) is 13.3 Å². The summed E-state index contributed by atoms with van der Waals surface area (Å²) in [6.45, 7) is 1.87. The van der Waals surface area contributed by atoms with Gasteiger partial charge >= 0.3 is 0 Å². The van der Waals surface area contributed by atoms with Gasteiger partial charge in [0.05, 0.1) is 12.3 Å². The number of nitrogens with one attached hydrogen (secondary N) is 1. The maximum absolute atomic E-state index is 5.67. The summed E-state index contributed by atoms with van der Waals surface area (Å²) in [4.78, 5) is 0. The molecule has 1 spiro atoms. The predicted octanol–water partition coefficient (Wildman–Crippen LogP) is 1.27. The van der Waals surface area contributed by atoms with E-state index in [0.717, 1.165) is 13.3 Å². The molecule has 58 valence electrons. The van der Waals surface area contributed by atoms with E-state index >= 15 is 0 Å². The number of hydrogen-bond donors (Lipinski definition) is 1. The lowest BCUT2D eigenvalue weighted by atomic mass is 9.85. The van der Waals surface area contributed by atoms with Gasteiger partial charge in [-0.2, -0.15) is 0 Å². The van der Waals surface area contributed by atoms with E-state index in [0.29, 0.717) is 0 Å². The van der Waals surface area contributed by atoms with E-state index in [1.807, 2.05) is 0 Å². The van der Waals surface area contributed by atoms with E-state index in [9.17, 15) is 0 Å². The summed E-state index contributed by atoms with van der Waals surface area (Å²) in [6.07, 6.45) is 6.69. The largest absolute Gasteiger partial charge is 0.359 e. The molecule has 1 saturated heterocycles. The minimum Gasteiger partial charge on any atom is -0.359 e. The third-order valence-corrected chi connectivity index (χ3v) is 2.69. The van der Waals surface area contributed by atoms with Crippen LogP contribution in [0.3, 0.4) is 0 Å². The third kappa shape index (κ3) is 1.06. The van der Waals surface area contributed by atoms with Crippen molar-refractivity contribution >= 4 is 0 Å². The lowest BCUT2D eigenvalue weighted by Gasteiger charge is -2.31. The molecule has 0 atom stereocenters. The van der Waals surface area contributed by atoms with Gasteiger partial charge in [0.1, 0.15) is 0 Å².